The smallest absolute Gasteiger partial charge is 0.136 e. The second kappa shape index (κ2) is 8.59. The molecule has 0 bridgehead atoms. The number of rotatable bonds is 2. The van der Waals surface area contributed by atoms with E-state index in [0.717, 1.165) is 11.2 Å². The summed E-state index contributed by atoms with van der Waals surface area (Å²) in [5, 5.41) is 10.2. The number of benzene rings is 9. The summed E-state index contributed by atoms with van der Waals surface area (Å²) in [6.07, 6.45) is 0. The molecule has 2 aliphatic rings. The van der Waals surface area contributed by atoms with Crippen molar-refractivity contribution in [3.63, 3.8) is 0 Å². The second-order valence-electron chi connectivity index (χ2n) is 13.6. The quantitative estimate of drug-likeness (QED) is 0.178. The molecule has 48 heavy (non-hydrogen) atoms. The zero-order valence-corrected chi connectivity index (χ0v) is 25.9. The molecule has 0 N–H and O–H groups in total. The van der Waals surface area contributed by atoms with Crippen LogP contribution in [0.2, 0.25) is 0 Å². The van der Waals surface area contributed by atoms with Crippen molar-refractivity contribution in [3.8, 4) is 33.4 Å². The summed E-state index contributed by atoms with van der Waals surface area (Å²) in [6, 6.07) is 58.7. The van der Waals surface area contributed by atoms with Crippen LogP contribution >= 0.6 is 0 Å². The van der Waals surface area contributed by atoms with Crippen LogP contribution in [0.1, 0.15) is 22.3 Å². The van der Waals surface area contributed by atoms with Gasteiger partial charge in [0.05, 0.1) is 5.41 Å². The van der Waals surface area contributed by atoms with Crippen LogP contribution in [0.15, 0.2) is 162 Å². The third kappa shape index (κ3) is 2.90. The van der Waals surface area contributed by atoms with Crippen LogP contribution < -0.4 is 0 Å². The normalized spacial score (nSPS) is 14.0. The van der Waals surface area contributed by atoms with Gasteiger partial charge in [-0.15, -0.1) is 0 Å². The minimum atomic E-state index is -0.370. The van der Waals surface area contributed by atoms with E-state index >= 15 is 0 Å². The van der Waals surface area contributed by atoms with Crippen molar-refractivity contribution in [3.05, 3.63) is 180 Å². The molecule has 0 saturated carbocycles. The molecule has 1 heteroatoms. The molecule has 0 radical (unpaired) electrons. The highest BCUT2D eigenvalue weighted by Crippen LogP contribution is 2.62. The summed E-state index contributed by atoms with van der Waals surface area (Å²) in [6.45, 7) is 0. The third-order valence-electron chi connectivity index (χ3n) is 11.3. The Kier molecular flexibility index (Phi) is 4.47. The first-order valence-electron chi connectivity index (χ1n) is 16.8. The summed E-state index contributed by atoms with van der Waals surface area (Å²) in [4.78, 5) is 0. The van der Waals surface area contributed by atoms with Crippen LogP contribution in [-0.2, 0) is 5.41 Å². The van der Waals surface area contributed by atoms with E-state index in [2.05, 4.69) is 158 Å². The molecule has 10 aromatic rings. The van der Waals surface area contributed by atoms with Gasteiger partial charge in [0.15, 0.2) is 0 Å². The molecule has 1 spiro atoms. The molecule has 0 fully saturated rings. The minimum absolute atomic E-state index is 0.370. The van der Waals surface area contributed by atoms with Crippen LogP contribution in [0.4, 0.5) is 0 Å². The van der Waals surface area contributed by atoms with Crippen molar-refractivity contribution in [1.82, 2.24) is 0 Å². The predicted octanol–water partition coefficient (Wildman–Crippen LogP) is 12.5. The Bertz CT molecular complexity index is 2950. The standard InChI is InChI=1S/C47H26O/c1-2-9-27(10-3-1)33-22-30-19-20-31-23-34(26-42-46(31)45(30)41(25-33)48-42)32-21-29-18-17-28-11-8-16-39-43(28)44(29)40(24-32)47(39)37-14-6-4-12-35(37)36-13-5-7-15-38(36)47/h1-26H. The van der Waals surface area contributed by atoms with E-state index in [1.807, 2.05) is 0 Å². The number of hydrogen-bond donors (Lipinski definition) is 0. The fourth-order valence-corrected chi connectivity index (χ4v) is 9.47. The average Bonchev–Trinajstić information content (AvgIpc) is 3.78. The van der Waals surface area contributed by atoms with E-state index < -0.39 is 0 Å². The predicted molar refractivity (Wildman–Crippen MR) is 199 cm³/mol. The molecule has 0 atom stereocenters. The lowest BCUT2D eigenvalue weighted by Gasteiger charge is -2.31. The van der Waals surface area contributed by atoms with Gasteiger partial charge in [-0.1, -0.05) is 121 Å². The SMILES string of the molecule is c1ccc(-c2cc3ccc4cc(-c5cc6c7c(ccc8cccc(c87)C67c6ccccc6-c6ccccc67)c5)cc5oc(c2)c3c45)cc1. The van der Waals surface area contributed by atoms with Crippen molar-refractivity contribution in [2.75, 3.05) is 0 Å². The molecular formula is C47H26O. The average molecular weight is 607 g/mol. The number of hydrogen-bond acceptors (Lipinski definition) is 1. The van der Waals surface area contributed by atoms with Gasteiger partial charge >= 0.3 is 0 Å². The van der Waals surface area contributed by atoms with Gasteiger partial charge < -0.3 is 4.42 Å². The Morgan fingerprint density at radius 2 is 0.812 bits per heavy atom. The lowest BCUT2D eigenvalue weighted by atomic mass is 9.70. The monoisotopic (exact) mass is 606 g/mol. The molecule has 1 aromatic heterocycles. The lowest BCUT2D eigenvalue weighted by molar-refractivity contribution is 0.669. The summed E-state index contributed by atoms with van der Waals surface area (Å²) in [5.74, 6) is 0. The van der Waals surface area contributed by atoms with E-state index in [1.165, 1.54) is 98.7 Å². The zero-order valence-electron chi connectivity index (χ0n) is 25.9. The van der Waals surface area contributed by atoms with Gasteiger partial charge in [-0.2, -0.15) is 0 Å². The highest BCUT2D eigenvalue weighted by molar-refractivity contribution is 6.24. The van der Waals surface area contributed by atoms with Gasteiger partial charge in [0, 0.05) is 10.8 Å². The lowest BCUT2D eigenvalue weighted by Crippen LogP contribution is -2.26. The van der Waals surface area contributed by atoms with Crippen molar-refractivity contribution >= 4 is 54.3 Å². The third-order valence-corrected chi connectivity index (χ3v) is 11.3. The second-order valence-corrected chi connectivity index (χ2v) is 13.6. The highest BCUT2D eigenvalue weighted by atomic mass is 16.3. The Balaban J connectivity index is 1.15. The van der Waals surface area contributed by atoms with Crippen LogP contribution in [-0.4, -0.2) is 0 Å². The number of furan rings is 1. The van der Waals surface area contributed by atoms with Crippen LogP contribution in [0.25, 0.3) is 87.6 Å². The Labute approximate surface area is 276 Å². The van der Waals surface area contributed by atoms with E-state index in [9.17, 15) is 0 Å². The van der Waals surface area contributed by atoms with Crippen LogP contribution in [0.3, 0.4) is 0 Å². The maximum Gasteiger partial charge on any atom is 0.136 e. The molecule has 2 aliphatic carbocycles. The topological polar surface area (TPSA) is 13.1 Å². The molecule has 0 aliphatic heterocycles. The van der Waals surface area contributed by atoms with E-state index in [4.69, 9.17) is 4.42 Å². The number of fused-ring (bicyclic) bond motifs is 7. The minimum Gasteiger partial charge on any atom is -0.456 e. The Morgan fingerprint density at radius 1 is 0.312 bits per heavy atom. The van der Waals surface area contributed by atoms with Gasteiger partial charge in [-0.3, -0.25) is 0 Å². The van der Waals surface area contributed by atoms with Crippen molar-refractivity contribution < 1.29 is 4.42 Å². The molecular weight excluding hydrogens is 581 g/mol. The van der Waals surface area contributed by atoms with E-state index in [1.54, 1.807) is 0 Å². The zero-order chi connectivity index (χ0) is 31.1. The van der Waals surface area contributed by atoms with Crippen molar-refractivity contribution in [2.24, 2.45) is 0 Å². The summed E-state index contributed by atoms with van der Waals surface area (Å²) in [5.41, 5.74) is 14.5. The van der Waals surface area contributed by atoms with Crippen molar-refractivity contribution in [2.45, 2.75) is 5.41 Å². The Morgan fingerprint density at radius 3 is 1.48 bits per heavy atom. The molecule has 0 amide bonds. The van der Waals surface area contributed by atoms with Gasteiger partial charge in [0.1, 0.15) is 11.2 Å². The van der Waals surface area contributed by atoms with E-state index in [-0.39, 0.29) is 5.41 Å². The van der Waals surface area contributed by atoms with Gasteiger partial charge in [0.2, 0.25) is 0 Å². The van der Waals surface area contributed by atoms with Crippen molar-refractivity contribution in [1.29, 1.82) is 0 Å². The van der Waals surface area contributed by atoms with Crippen LogP contribution in [0, 0.1) is 0 Å². The maximum atomic E-state index is 6.72. The molecule has 1 heterocycles. The van der Waals surface area contributed by atoms with Gasteiger partial charge in [0.25, 0.3) is 0 Å². The molecule has 0 unspecified atom stereocenters. The molecule has 220 valence electrons. The van der Waals surface area contributed by atoms with E-state index in [0.29, 0.717) is 0 Å². The first-order chi connectivity index (χ1) is 23.8. The molecule has 12 rings (SSSR count). The molecule has 0 saturated heterocycles. The molecule has 1 nitrogen and oxygen atoms in total. The fourth-order valence-electron chi connectivity index (χ4n) is 9.47. The summed E-state index contributed by atoms with van der Waals surface area (Å²) in [7, 11) is 0. The Hall–Kier alpha value is -6.18. The fraction of sp³-hybridized carbons (Fsp3) is 0.0213. The first-order valence-corrected chi connectivity index (χ1v) is 16.8. The molecule has 9 aromatic carbocycles. The van der Waals surface area contributed by atoms with Gasteiger partial charge in [-0.25, -0.2) is 0 Å². The first kappa shape index (κ1) is 25.0. The summed E-state index contributed by atoms with van der Waals surface area (Å²) < 4.78 is 6.72. The highest BCUT2D eigenvalue weighted by Gasteiger charge is 2.50. The maximum absolute atomic E-state index is 6.72. The van der Waals surface area contributed by atoms with Gasteiger partial charge in [-0.05, 0) is 124 Å². The van der Waals surface area contributed by atoms with Crippen LogP contribution in [0.5, 0.6) is 0 Å². The summed E-state index contributed by atoms with van der Waals surface area (Å²) >= 11 is 0. The largest absolute Gasteiger partial charge is 0.456 e.